The van der Waals surface area contributed by atoms with Crippen LogP contribution in [0.25, 0.3) is 0 Å². The molecule has 0 aromatic carbocycles. The summed E-state index contributed by atoms with van der Waals surface area (Å²) < 4.78 is 10.9. The van der Waals surface area contributed by atoms with E-state index in [-0.39, 0.29) is 11.4 Å². The van der Waals surface area contributed by atoms with Crippen LogP contribution in [0.5, 0.6) is 0 Å². The highest BCUT2D eigenvalue weighted by Gasteiger charge is 2.36. The predicted octanol–water partition coefficient (Wildman–Crippen LogP) is 2.25. The quantitative estimate of drug-likeness (QED) is 0.758. The molecular weight excluding hydrogens is 310 g/mol. The van der Waals surface area contributed by atoms with E-state index in [1.807, 2.05) is 6.92 Å². The molecule has 2 fully saturated rings. The van der Waals surface area contributed by atoms with Gasteiger partial charge in [0.1, 0.15) is 0 Å². The van der Waals surface area contributed by atoms with Gasteiger partial charge in [0.15, 0.2) is 0 Å². The van der Waals surface area contributed by atoms with Crippen molar-refractivity contribution in [3.63, 3.8) is 0 Å². The van der Waals surface area contributed by atoms with Crippen LogP contribution in [-0.4, -0.2) is 42.7 Å². The van der Waals surface area contributed by atoms with Gasteiger partial charge >= 0.3 is 0 Å². The summed E-state index contributed by atoms with van der Waals surface area (Å²) in [5.74, 6) is 0.685. The van der Waals surface area contributed by atoms with E-state index in [0.717, 1.165) is 50.8 Å². The summed E-state index contributed by atoms with van der Waals surface area (Å²) in [4.78, 5) is 12.1. The number of carbonyl (C=O) groups excluding carboxylic acids is 1. The van der Waals surface area contributed by atoms with Gasteiger partial charge in [0.05, 0.1) is 11.6 Å². The highest BCUT2D eigenvalue weighted by molar-refractivity contribution is 9.09. The largest absolute Gasteiger partial charge is 0.381 e. The van der Waals surface area contributed by atoms with Gasteiger partial charge in [-0.25, -0.2) is 0 Å². The predicted molar refractivity (Wildman–Crippen MR) is 77.5 cm³/mol. The molecule has 0 atom stereocenters. The van der Waals surface area contributed by atoms with E-state index in [0.29, 0.717) is 18.4 Å². The van der Waals surface area contributed by atoms with Crippen molar-refractivity contribution in [2.45, 2.75) is 50.7 Å². The Morgan fingerprint density at radius 3 is 2.68 bits per heavy atom. The lowest BCUT2D eigenvalue weighted by Crippen LogP contribution is -2.54. The summed E-state index contributed by atoms with van der Waals surface area (Å²) in [7, 11) is 0. The molecule has 19 heavy (non-hydrogen) atoms. The Kier molecular flexibility index (Phi) is 5.66. The number of alkyl halides is 1. The Morgan fingerprint density at radius 1 is 1.42 bits per heavy atom. The van der Waals surface area contributed by atoms with Crippen LogP contribution in [0, 0.1) is 5.92 Å². The minimum absolute atomic E-state index is 0.0988. The van der Waals surface area contributed by atoms with E-state index in [9.17, 15) is 4.79 Å². The molecule has 0 unspecified atom stereocenters. The van der Waals surface area contributed by atoms with Crippen LogP contribution in [0.1, 0.15) is 39.0 Å². The van der Waals surface area contributed by atoms with Gasteiger partial charge in [-0.3, -0.25) is 4.79 Å². The molecule has 0 aromatic heterocycles. The summed E-state index contributed by atoms with van der Waals surface area (Å²) >= 11 is 3.53. The molecule has 1 saturated carbocycles. The van der Waals surface area contributed by atoms with Crippen molar-refractivity contribution in [3.8, 4) is 0 Å². The van der Waals surface area contributed by atoms with E-state index in [4.69, 9.17) is 9.47 Å². The molecule has 1 aliphatic heterocycles. The van der Waals surface area contributed by atoms with Crippen molar-refractivity contribution in [1.29, 1.82) is 0 Å². The van der Waals surface area contributed by atoms with Gasteiger partial charge in [-0.15, -0.1) is 0 Å². The van der Waals surface area contributed by atoms with Gasteiger partial charge in [0, 0.05) is 31.6 Å². The Bertz CT molecular complexity index is 299. The SMILES string of the molecule is CCOC1CC(CC(=O)NC2(CBr)CCOCC2)C1. The normalized spacial score (nSPS) is 29.6. The third kappa shape index (κ3) is 4.17. The minimum Gasteiger partial charge on any atom is -0.381 e. The lowest BCUT2D eigenvalue weighted by Gasteiger charge is -2.38. The highest BCUT2D eigenvalue weighted by atomic mass is 79.9. The van der Waals surface area contributed by atoms with Crippen LogP contribution in [0.4, 0.5) is 0 Å². The molecule has 110 valence electrons. The fourth-order valence-electron chi connectivity index (χ4n) is 2.88. The van der Waals surface area contributed by atoms with E-state index in [1.165, 1.54) is 0 Å². The standard InChI is InChI=1S/C14H24BrNO3/c1-2-19-12-7-11(8-12)9-13(17)16-14(10-15)3-5-18-6-4-14/h11-12H,2-10H2,1H3,(H,16,17). The fourth-order valence-corrected chi connectivity index (χ4v) is 3.58. The van der Waals surface area contributed by atoms with Crippen molar-refractivity contribution >= 4 is 21.8 Å². The molecule has 1 amide bonds. The first-order valence-electron chi connectivity index (χ1n) is 7.24. The topological polar surface area (TPSA) is 47.6 Å². The summed E-state index contributed by atoms with van der Waals surface area (Å²) in [5.41, 5.74) is -0.0988. The monoisotopic (exact) mass is 333 g/mol. The smallest absolute Gasteiger partial charge is 0.220 e. The van der Waals surface area contributed by atoms with Crippen LogP contribution in [0.3, 0.4) is 0 Å². The molecule has 1 saturated heterocycles. The first-order valence-corrected chi connectivity index (χ1v) is 8.36. The third-order valence-electron chi connectivity index (χ3n) is 4.18. The van der Waals surface area contributed by atoms with Crippen LogP contribution >= 0.6 is 15.9 Å². The van der Waals surface area contributed by atoms with Crippen LogP contribution in [-0.2, 0) is 14.3 Å². The minimum atomic E-state index is -0.0988. The van der Waals surface area contributed by atoms with E-state index >= 15 is 0 Å². The van der Waals surface area contributed by atoms with E-state index < -0.39 is 0 Å². The Morgan fingerprint density at radius 2 is 2.11 bits per heavy atom. The summed E-state index contributed by atoms with van der Waals surface area (Å²) in [6, 6.07) is 0. The first-order chi connectivity index (χ1) is 9.17. The highest BCUT2D eigenvalue weighted by Crippen LogP contribution is 2.33. The lowest BCUT2D eigenvalue weighted by atomic mass is 9.79. The lowest BCUT2D eigenvalue weighted by molar-refractivity contribution is -0.127. The zero-order valence-corrected chi connectivity index (χ0v) is 13.2. The number of amides is 1. The third-order valence-corrected chi connectivity index (χ3v) is 5.25. The van der Waals surface area contributed by atoms with Crippen molar-refractivity contribution in [1.82, 2.24) is 5.32 Å². The number of rotatable bonds is 6. The number of hydrogen-bond acceptors (Lipinski definition) is 3. The van der Waals surface area contributed by atoms with Gasteiger partial charge < -0.3 is 14.8 Å². The maximum absolute atomic E-state index is 12.1. The molecule has 2 aliphatic rings. The average Bonchev–Trinajstić information content (AvgIpc) is 2.37. The second-order valence-corrected chi connectivity index (χ2v) is 6.25. The molecular formula is C14H24BrNO3. The Hall–Kier alpha value is -0.130. The number of ether oxygens (including phenoxy) is 2. The number of carbonyl (C=O) groups is 1. The van der Waals surface area contributed by atoms with E-state index in [1.54, 1.807) is 0 Å². The molecule has 1 heterocycles. The molecule has 0 bridgehead atoms. The summed E-state index contributed by atoms with van der Waals surface area (Å²) in [6.45, 7) is 4.27. The molecule has 2 rings (SSSR count). The molecule has 1 N–H and O–H groups in total. The summed E-state index contributed by atoms with van der Waals surface area (Å²) in [5, 5.41) is 4.03. The number of halogens is 1. The summed E-state index contributed by atoms with van der Waals surface area (Å²) in [6.07, 6.45) is 4.89. The van der Waals surface area contributed by atoms with Crippen molar-refractivity contribution in [2.75, 3.05) is 25.2 Å². The van der Waals surface area contributed by atoms with Gasteiger partial charge in [-0.05, 0) is 38.5 Å². The molecule has 4 nitrogen and oxygen atoms in total. The van der Waals surface area contributed by atoms with Crippen molar-refractivity contribution < 1.29 is 14.3 Å². The maximum atomic E-state index is 12.1. The average molecular weight is 334 g/mol. The molecule has 5 heteroatoms. The van der Waals surface area contributed by atoms with Crippen molar-refractivity contribution in [3.05, 3.63) is 0 Å². The fraction of sp³-hybridized carbons (Fsp3) is 0.929. The maximum Gasteiger partial charge on any atom is 0.220 e. The van der Waals surface area contributed by atoms with Crippen molar-refractivity contribution in [2.24, 2.45) is 5.92 Å². The van der Waals surface area contributed by atoms with Crippen LogP contribution in [0.15, 0.2) is 0 Å². The second-order valence-electron chi connectivity index (χ2n) is 5.69. The van der Waals surface area contributed by atoms with Gasteiger partial charge in [-0.2, -0.15) is 0 Å². The van der Waals surface area contributed by atoms with Crippen LogP contribution < -0.4 is 5.32 Å². The second kappa shape index (κ2) is 7.04. The van der Waals surface area contributed by atoms with Gasteiger partial charge in [0.2, 0.25) is 5.91 Å². The molecule has 0 aromatic rings. The Labute approximate surface area is 123 Å². The number of hydrogen-bond donors (Lipinski definition) is 1. The molecule has 1 aliphatic carbocycles. The van der Waals surface area contributed by atoms with Gasteiger partial charge in [-0.1, -0.05) is 15.9 Å². The van der Waals surface area contributed by atoms with E-state index in [2.05, 4.69) is 21.2 Å². The Balaban J connectivity index is 1.72. The molecule has 0 spiro atoms. The van der Waals surface area contributed by atoms with Crippen LogP contribution in [0.2, 0.25) is 0 Å². The zero-order valence-electron chi connectivity index (χ0n) is 11.6. The molecule has 0 radical (unpaired) electrons. The number of nitrogens with one attached hydrogen (secondary N) is 1. The first kappa shape index (κ1) is 15.3. The van der Waals surface area contributed by atoms with Gasteiger partial charge in [0.25, 0.3) is 0 Å². The zero-order chi connectivity index (χ0) is 13.7.